The molecule has 0 aliphatic carbocycles. The molecule has 0 saturated heterocycles. The predicted molar refractivity (Wildman–Crippen MR) is 98.1 cm³/mol. The molecule has 0 radical (unpaired) electrons. The van der Waals surface area contributed by atoms with Gasteiger partial charge in [0.2, 0.25) is 0 Å². The van der Waals surface area contributed by atoms with Crippen LogP contribution in [0.2, 0.25) is 5.02 Å². The molecule has 0 bridgehead atoms. The number of pyridine rings is 1. The van der Waals surface area contributed by atoms with Crippen molar-refractivity contribution in [2.24, 2.45) is 0 Å². The molecule has 120 valence electrons. The summed E-state index contributed by atoms with van der Waals surface area (Å²) in [5, 5.41) is 3.82. The van der Waals surface area contributed by atoms with Crippen LogP contribution in [0.4, 0.5) is 17.1 Å². The lowest BCUT2D eigenvalue weighted by atomic mass is 10.2. The van der Waals surface area contributed by atoms with Crippen molar-refractivity contribution in [2.75, 3.05) is 17.3 Å². The van der Waals surface area contributed by atoms with Crippen LogP contribution in [-0.4, -0.2) is 17.9 Å². The monoisotopic (exact) mass is 337 g/mol. The molecule has 1 heterocycles. The van der Waals surface area contributed by atoms with Crippen LogP contribution in [0.15, 0.2) is 72.9 Å². The Bertz CT molecular complexity index is 852. The number of hydrogen-bond acceptors (Lipinski definition) is 3. The van der Waals surface area contributed by atoms with E-state index < -0.39 is 0 Å². The van der Waals surface area contributed by atoms with Crippen LogP contribution in [0.3, 0.4) is 0 Å². The van der Waals surface area contributed by atoms with Crippen LogP contribution in [0.5, 0.6) is 0 Å². The Morgan fingerprint density at radius 3 is 2.50 bits per heavy atom. The molecule has 5 heteroatoms. The number of amides is 1. The van der Waals surface area contributed by atoms with Gasteiger partial charge in [0, 0.05) is 24.6 Å². The van der Waals surface area contributed by atoms with E-state index in [0.29, 0.717) is 10.7 Å². The summed E-state index contributed by atoms with van der Waals surface area (Å²) in [4.78, 5) is 18.4. The summed E-state index contributed by atoms with van der Waals surface area (Å²) >= 11 is 6.15. The fourth-order valence-corrected chi connectivity index (χ4v) is 2.47. The SMILES string of the molecule is CN(C(=O)c1cc(Nc2ccccc2Cl)ccn1)c1ccccc1. The van der Waals surface area contributed by atoms with Crippen LogP contribution in [0.25, 0.3) is 0 Å². The number of nitrogens with zero attached hydrogens (tertiary/aromatic N) is 2. The minimum Gasteiger partial charge on any atom is -0.354 e. The maximum Gasteiger partial charge on any atom is 0.276 e. The fraction of sp³-hybridized carbons (Fsp3) is 0.0526. The van der Waals surface area contributed by atoms with E-state index >= 15 is 0 Å². The molecular formula is C19H16ClN3O. The summed E-state index contributed by atoms with van der Waals surface area (Å²) in [5.41, 5.74) is 2.70. The van der Waals surface area contributed by atoms with Crippen LogP contribution < -0.4 is 10.2 Å². The average molecular weight is 338 g/mol. The van der Waals surface area contributed by atoms with Crippen molar-refractivity contribution < 1.29 is 4.79 Å². The van der Waals surface area contributed by atoms with Crippen molar-refractivity contribution >= 4 is 34.6 Å². The van der Waals surface area contributed by atoms with Gasteiger partial charge in [-0.3, -0.25) is 9.78 Å². The zero-order chi connectivity index (χ0) is 16.9. The Kier molecular flexibility index (Phi) is 4.77. The van der Waals surface area contributed by atoms with Gasteiger partial charge in [0.05, 0.1) is 10.7 Å². The van der Waals surface area contributed by atoms with Crippen molar-refractivity contribution in [1.29, 1.82) is 0 Å². The maximum absolute atomic E-state index is 12.6. The number of nitrogens with one attached hydrogen (secondary N) is 1. The molecule has 1 amide bonds. The number of para-hydroxylation sites is 2. The van der Waals surface area contributed by atoms with Gasteiger partial charge in [0.1, 0.15) is 5.69 Å². The van der Waals surface area contributed by atoms with Crippen molar-refractivity contribution in [3.63, 3.8) is 0 Å². The molecule has 0 aliphatic rings. The van der Waals surface area contributed by atoms with Crippen molar-refractivity contribution in [3.05, 3.63) is 83.6 Å². The minimum atomic E-state index is -0.177. The molecule has 24 heavy (non-hydrogen) atoms. The minimum absolute atomic E-state index is 0.177. The van der Waals surface area contributed by atoms with Gasteiger partial charge in [-0.15, -0.1) is 0 Å². The van der Waals surface area contributed by atoms with E-state index in [0.717, 1.165) is 17.1 Å². The second-order valence-electron chi connectivity index (χ2n) is 5.23. The number of carbonyl (C=O) groups is 1. The van der Waals surface area contributed by atoms with Gasteiger partial charge in [0.15, 0.2) is 0 Å². The van der Waals surface area contributed by atoms with Gasteiger partial charge in [-0.1, -0.05) is 41.9 Å². The number of aromatic nitrogens is 1. The third-order valence-corrected chi connectivity index (χ3v) is 3.91. The Balaban J connectivity index is 1.82. The topological polar surface area (TPSA) is 45.2 Å². The fourth-order valence-electron chi connectivity index (χ4n) is 2.28. The zero-order valence-corrected chi connectivity index (χ0v) is 13.9. The first-order valence-electron chi connectivity index (χ1n) is 7.46. The van der Waals surface area contributed by atoms with E-state index in [9.17, 15) is 4.79 Å². The van der Waals surface area contributed by atoms with Crippen LogP contribution in [0, 0.1) is 0 Å². The quantitative estimate of drug-likeness (QED) is 0.746. The molecule has 0 atom stereocenters. The molecule has 1 aromatic heterocycles. The average Bonchev–Trinajstić information content (AvgIpc) is 2.63. The van der Waals surface area contributed by atoms with E-state index in [1.807, 2.05) is 48.5 Å². The van der Waals surface area contributed by atoms with E-state index in [1.54, 1.807) is 36.3 Å². The normalized spacial score (nSPS) is 10.2. The van der Waals surface area contributed by atoms with Crippen molar-refractivity contribution in [3.8, 4) is 0 Å². The van der Waals surface area contributed by atoms with Gasteiger partial charge >= 0.3 is 0 Å². The van der Waals surface area contributed by atoms with Crippen molar-refractivity contribution in [1.82, 2.24) is 4.98 Å². The number of anilines is 3. The van der Waals surface area contributed by atoms with Crippen LogP contribution >= 0.6 is 11.6 Å². The number of rotatable bonds is 4. The highest BCUT2D eigenvalue weighted by molar-refractivity contribution is 6.33. The van der Waals surface area contributed by atoms with E-state index in [2.05, 4.69) is 10.3 Å². The molecule has 4 nitrogen and oxygen atoms in total. The Morgan fingerprint density at radius 1 is 1.04 bits per heavy atom. The van der Waals surface area contributed by atoms with Gasteiger partial charge in [-0.25, -0.2) is 0 Å². The molecule has 3 aromatic rings. The molecule has 0 saturated carbocycles. The summed E-state index contributed by atoms with van der Waals surface area (Å²) in [6.07, 6.45) is 1.60. The zero-order valence-electron chi connectivity index (χ0n) is 13.1. The predicted octanol–water partition coefficient (Wildman–Crippen LogP) is 4.76. The number of halogens is 1. The first kappa shape index (κ1) is 16.0. The summed E-state index contributed by atoms with van der Waals surface area (Å²) in [7, 11) is 1.73. The lowest BCUT2D eigenvalue weighted by Gasteiger charge is -2.17. The molecule has 0 fully saturated rings. The molecule has 1 N–H and O–H groups in total. The van der Waals surface area contributed by atoms with Crippen molar-refractivity contribution in [2.45, 2.75) is 0 Å². The van der Waals surface area contributed by atoms with Crippen LogP contribution in [0.1, 0.15) is 10.5 Å². The number of hydrogen-bond donors (Lipinski definition) is 1. The third-order valence-electron chi connectivity index (χ3n) is 3.58. The lowest BCUT2D eigenvalue weighted by molar-refractivity contribution is 0.0988. The Labute approximate surface area is 145 Å². The highest BCUT2D eigenvalue weighted by Crippen LogP contribution is 2.25. The summed E-state index contributed by atoms with van der Waals surface area (Å²) < 4.78 is 0. The Morgan fingerprint density at radius 2 is 1.75 bits per heavy atom. The highest BCUT2D eigenvalue weighted by Gasteiger charge is 2.15. The standard InChI is InChI=1S/C19H16ClN3O/c1-23(15-7-3-2-4-8-15)19(24)18-13-14(11-12-21-18)22-17-10-6-5-9-16(17)20/h2-13H,1H3,(H,21,22). The van der Waals surface area contributed by atoms with E-state index in [4.69, 9.17) is 11.6 Å². The summed E-state index contributed by atoms with van der Waals surface area (Å²) in [6, 6.07) is 20.4. The summed E-state index contributed by atoms with van der Waals surface area (Å²) in [6.45, 7) is 0. The molecule has 0 unspecified atom stereocenters. The van der Waals surface area contributed by atoms with Gasteiger partial charge in [-0.05, 0) is 36.4 Å². The second-order valence-corrected chi connectivity index (χ2v) is 5.64. The molecule has 2 aromatic carbocycles. The second kappa shape index (κ2) is 7.15. The first-order chi connectivity index (χ1) is 11.6. The molecule has 0 aliphatic heterocycles. The molecular weight excluding hydrogens is 322 g/mol. The largest absolute Gasteiger partial charge is 0.354 e. The summed E-state index contributed by atoms with van der Waals surface area (Å²) in [5.74, 6) is -0.177. The van der Waals surface area contributed by atoms with E-state index in [-0.39, 0.29) is 5.91 Å². The van der Waals surface area contributed by atoms with E-state index in [1.165, 1.54) is 0 Å². The Hall–Kier alpha value is -2.85. The molecule has 3 rings (SSSR count). The number of benzene rings is 2. The number of carbonyl (C=O) groups excluding carboxylic acids is 1. The van der Waals surface area contributed by atoms with Gasteiger partial charge in [-0.2, -0.15) is 0 Å². The maximum atomic E-state index is 12.6. The van der Waals surface area contributed by atoms with Gasteiger partial charge in [0.25, 0.3) is 5.91 Å². The first-order valence-corrected chi connectivity index (χ1v) is 7.83. The lowest BCUT2D eigenvalue weighted by Crippen LogP contribution is -2.27. The van der Waals surface area contributed by atoms with Gasteiger partial charge < -0.3 is 10.2 Å². The third kappa shape index (κ3) is 3.55. The smallest absolute Gasteiger partial charge is 0.276 e. The molecule has 0 spiro atoms. The van der Waals surface area contributed by atoms with Crippen LogP contribution in [-0.2, 0) is 0 Å². The highest BCUT2D eigenvalue weighted by atomic mass is 35.5.